The molecule has 21 heavy (non-hydrogen) atoms. The van der Waals surface area contributed by atoms with E-state index in [9.17, 15) is 9.18 Å². The molecule has 1 aliphatic heterocycles. The molecule has 0 aliphatic carbocycles. The molecule has 1 saturated heterocycles. The number of hydrogen-bond acceptors (Lipinski definition) is 3. The molecule has 3 rings (SSSR count). The van der Waals surface area contributed by atoms with Crippen molar-refractivity contribution >= 4 is 17.1 Å². The van der Waals surface area contributed by atoms with E-state index < -0.39 is 11.9 Å². The zero-order valence-electron chi connectivity index (χ0n) is 11.4. The lowest BCUT2D eigenvalue weighted by Crippen LogP contribution is -2.21. The second-order valence-electron chi connectivity index (χ2n) is 5.06. The molecular formula is C14H16FN3O3. The molecule has 0 spiro atoms. The Bertz CT molecular complexity index is 665. The van der Waals surface area contributed by atoms with Gasteiger partial charge in [0.2, 0.25) is 0 Å². The summed E-state index contributed by atoms with van der Waals surface area (Å²) < 4.78 is 21.5. The summed E-state index contributed by atoms with van der Waals surface area (Å²) in [6.07, 6.45) is 3.40. The summed E-state index contributed by atoms with van der Waals surface area (Å²) in [5.74, 6) is -0.467. The van der Waals surface area contributed by atoms with Crippen LogP contribution in [0.1, 0.15) is 31.1 Å². The van der Waals surface area contributed by atoms with Crippen molar-refractivity contribution in [2.45, 2.75) is 32.0 Å². The summed E-state index contributed by atoms with van der Waals surface area (Å²) in [4.78, 5) is 14.7. The summed E-state index contributed by atoms with van der Waals surface area (Å²) in [7, 11) is 0. The van der Waals surface area contributed by atoms with Gasteiger partial charge in [0, 0.05) is 24.8 Å². The van der Waals surface area contributed by atoms with Crippen molar-refractivity contribution < 1.29 is 19.0 Å². The third-order valence-electron chi connectivity index (χ3n) is 3.64. The first-order valence-corrected chi connectivity index (χ1v) is 6.88. The molecule has 0 bridgehead atoms. The second kappa shape index (κ2) is 5.69. The molecule has 2 aromatic rings. The van der Waals surface area contributed by atoms with Gasteiger partial charge in [-0.3, -0.25) is 0 Å². The number of nitrogens with zero attached hydrogens (tertiary/aromatic N) is 2. The van der Waals surface area contributed by atoms with Gasteiger partial charge < -0.3 is 19.7 Å². The zero-order valence-corrected chi connectivity index (χ0v) is 11.4. The Kier molecular flexibility index (Phi) is 3.74. The molecular weight excluding hydrogens is 277 g/mol. The summed E-state index contributed by atoms with van der Waals surface area (Å²) in [6.45, 7) is 0.632. The zero-order chi connectivity index (χ0) is 14.8. The second-order valence-corrected chi connectivity index (χ2v) is 5.06. The largest absolute Gasteiger partial charge is 0.465 e. The van der Waals surface area contributed by atoms with E-state index in [4.69, 9.17) is 9.84 Å². The minimum absolute atomic E-state index is 0.0756. The number of amides is 1. The van der Waals surface area contributed by atoms with Crippen LogP contribution in [0.4, 0.5) is 9.18 Å². The van der Waals surface area contributed by atoms with E-state index in [0.29, 0.717) is 17.7 Å². The molecule has 0 saturated carbocycles. The monoisotopic (exact) mass is 293 g/mol. The highest BCUT2D eigenvalue weighted by atomic mass is 19.1. The van der Waals surface area contributed by atoms with Gasteiger partial charge in [0.25, 0.3) is 0 Å². The molecule has 1 aromatic carbocycles. The number of benzene rings is 1. The van der Waals surface area contributed by atoms with Gasteiger partial charge in [0.05, 0.1) is 17.4 Å². The molecule has 7 heteroatoms. The quantitative estimate of drug-likeness (QED) is 0.912. The van der Waals surface area contributed by atoms with Gasteiger partial charge in [-0.25, -0.2) is 14.2 Å². The number of hydrogen-bond donors (Lipinski definition) is 2. The molecule has 1 atom stereocenters. The normalized spacial score (nSPS) is 18.8. The van der Waals surface area contributed by atoms with Gasteiger partial charge in [-0.2, -0.15) is 0 Å². The van der Waals surface area contributed by atoms with Gasteiger partial charge in [-0.05, 0) is 25.3 Å². The smallest absolute Gasteiger partial charge is 0.404 e. The fraction of sp³-hybridized carbons (Fsp3) is 0.429. The number of imidazole rings is 1. The number of halogens is 1. The summed E-state index contributed by atoms with van der Waals surface area (Å²) >= 11 is 0. The molecule has 2 N–H and O–H groups in total. The Morgan fingerprint density at radius 3 is 3.10 bits per heavy atom. The van der Waals surface area contributed by atoms with Crippen molar-refractivity contribution in [2.75, 3.05) is 6.61 Å². The third kappa shape index (κ3) is 2.82. The van der Waals surface area contributed by atoms with E-state index in [0.717, 1.165) is 24.8 Å². The van der Waals surface area contributed by atoms with E-state index in [2.05, 4.69) is 10.3 Å². The highest BCUT2D eigenvalue weighted by Gasteiger charge is 2.19. The van der Waals surface area contributed by atoms with E-state index in [-0.39, 0.29) is 12.8 Å². The van der Waals surface area contributed by atoms with Gasteiger partial charge in [-0.1, -0.05) is 0 Å². The maximum atomic E-state index is 13.9. The van der Waals surface area contributed by atoms with E-state index in [1.165, 1.54) is 6.07 Å². The number of ether oxygens (including phenoxy) is 1. The SMILES string of the molecule is O=C(O)NCc1cc2c(cc1F)ncn2C1CCCCO1. The predicted molar refractivity (Wildman–Crippen MR) is 73.4 cm³/mol. The molecule has 0 radical (unpaired) electrons. The lowest BCUT2D eigenvalue weighted by molar-refractivity contribution is -0.0295. The summed E-state index contributed by atoms with van der Waals surface area (Å²) in [5, 5.41) is 10.8. The van der Waals surface area contributed by atoms with Gasteiger partial charge >= 0.3 is 6.09 Å². The topological polar surface area (TPSA) is 76.4 Å². The van der Waals surface area contributed by atoms with Crippen LogP contribution in [0.25, 0.3) is 11.0 Å². The highest BCUT2D eigenvalue weighted by molar-refractivity contribution is 5.76. The lowest BCUT2D eigenvalue weighted by atomic mass is 10.1. The van der Waals surface area contributed by atoms with E-state index in [1.807, 2.05) is 4.57 Å². The van der Waals surface area contributed by atoms with Crippen molar-refractivity contribution in [3.63, 3.8) is 0 Å². The molecule has 6 nitrogen and oxygen atoms in total. The van der Waals surface area contributed by atoms with Crippen LogP contribution in [-0.2, 0) is 11.3 Å². The first-order chi connectivity index (χ1) is 10.1. The standard InChI is InChI=1S/C14H16FN3O3/c15-10-6-11-12(5-9(10)7-16-14(19)20)18(8-17-11)13-3-1-2-4-21-13/h5-6,8,13,16H,1-4,7H2,(H,19,20). The van der Waals surface area contributed by atoms with Crippen LogP contribution in [0.5, 0.6) is 0 Å². The van der Waals surface area contributed by atoms with Crippen molar-refractivity contribution in [1.82, 2.24) is 14.9 Å². The van der Waals surface area contributed by atoms with Crippen LogP contribution < -0.4 is 5.32 Å². The number of nitrogens with one attached hydrogen (secondary N) is 1. The molecule has 1 amide bonds. The van der Waals surface area contributed by atoms with Crippen LogP contribution in [0.3, 0.4) is 0 Å². The number of carboxylic acid groups (broad SMARTS) is 1. The molecule has 1 aromatic heterocycles. The summed E-state index contributed by atoms with van der Waals surface area (Å²) in [6, 6.07) is 2.96. The molecule has 1 unspecified atom stereocenters. The Labute approximate surface area is 120 Å². The number of rotatable bonds is 3. The minimum atomic E-state index is -1.18. The van der Waals surface area contributed by atoms with E-state index >= 15 is 0 Å². The van der Waals surface area contributed by atoms with Crippen molar-refractivity contribution in [2.24, 2.45) is 0 Å². The highest BCUT2D eigenvalue weighted by Crippen LogP contribution is 2.27. The van der Waals surface area contributed by atoms with Gasteiger partial charge in [-0.15, -0.1) is 0 Å². The number of aromatic nitrogens is 2. The van der Waals surface area contributed by atoms with Gasteiger partial charge in [0.15, 0.2) is 0 Å². The van der Waals surface area contributed by atoms with Crippen molar-refractivity contribution in [3.05, 3.63) is 29.8 Å². The summed E-state index contributed by atoms with van der Waals surface area (Å²) in [5.41, 5.74) is 1.59. The maximum absolute atomic E-state index is 13.9. The first kappa shape index (κ1) is 13.8. The Morgan fingerprint density at radius 1 is 1.52 bits per heavy atom. The van der Waals surface area contributed by atoms with Crippen LogP contribution in [0, 0.1) is 5.82 Å². The predicted octanol–water partition coefficient (Wildman–Crippen LogP) is 2.64. The Hall–Kier alpha value is -2.15. The fourth-order valence-electron chi connectivity index (χ4n) is 2.57. The van der Waals surface area contributed by atoms with Crippen LogP contribution in [0.15, 0.2) is 18.5 Å². The third-order valence-corrected chi connectivity index (χ3v) is 3.64. The van der Waals surface area contributed by atoms with Crippen molar-refractivity contribution in [3.8, 4) is 0 Å². The Morgan fingerprint density at radius 2 is 2.38 bits per heavy atom. The fourth-order valence-corrected chi connectivity index (χ4v) is 2.57. The maximum Gasteiger partial charge on any atom is 0.404 e. The molecule has 1 aliphatic rings. The Balaban J connectivity index is 1.95. The number of carbonyl (C=O) groups is 1. The van der Waals surface area contributed by atoms with Crippen LogP contribution in [-0.4, -0.2) is 27.4 Å². The first-order valence-electron chi connectivity index (χ1n) is 6.88. The van der Waals surface area contributed by atoms with Gasteiger partial charge in [0.1, 0.15) is 12.0 Å². The molecule has 1 fully saturated rings. The van der Waals surface area contributed by atoms with E-state index in [1.54, 1.807) is 12.4 Å². The average molecular weight is 293 g/mol. The minimum Gasteiger partial charge on any atom is -0.465 e. The molecule has 2 heterocycles. The molecule has 112 valence electrons. The van der Waals surface area contributed by atoms with Crippen LogP contribution in [0.2, 0.25) is 0 Å². The van der Waals surface area contributed by atoms with Crippen LogP contribution >= 0.6 is 0 Å². The lowest BCUT2D eigenvalue weighted by Gasteiger charge is -2.24. The number of fused-ring (bicyclic) bond motifs is 1. The van der Waals surface area contributed by atoms with Crippen molar-refractivity contribution in [1.29, 1.82) is 0 Å². The average Bonchev–Trinajstić information content (AvgIpc) is 2.88.